The molecule has 0 amide bonds. The maximum Gasteiger partial charge on any atom is 0.416 e. The van der Waals surface area contributed by atoms with Crippen LogP contribution in [0.4, 0.5) is 13.2 Å². The summed E-state index contributed by atoms with van der Waals surface area (Å²) in [6.45, 7) is 2.66. The van der Waals surface area contributed by atoms with E-state index in [2.05, 4.69) is 4.74 Å². The van der Waals surface area contributed by atoms with Gasteiger partial charge in [-0.05, 0) is 50.4 Å². The molecule has 0 aliphatic heterocycles. The lowest BCUT2D eigenvalue weighted by atomic mass is 9.81. The second kappa shape index (κ2) is 6.99. The van der Waals surface area contributed by atoms with Crippen LogP contribution in [0.3, 0.4) is 0 Å². The average Bonchev–Trinajstić information content (AvgIpc) is 2.99. The molecule has 2 rings (SSSR count). The van der Waals surface area contributed by atoms with Gasteiger partial charge in [-0.1, -0.05) is 13.3 Å². The summed E-state index contributed by atoms with van der Waals surface area (Å²) in [7, 11) is 1.38. The molecule has 2 saturated carbocycles. The zero-order valence-corrected chi connectivity index (χ0v) is 12.9. The maximum atomic E-state index is 12.5. The van der Waals surface area contributed by atoms with Crippen LogP contribution in [0.5, 0.6) is 0 Å². The minimum absolute atomic E-state index is 0.0837. The molecule has 2 fully saturated rings. The van der Waals surface area contributed by atoms with Crippen LogP contribution in [0.25, 0.3) is 0 Å². The van der Waals surface area contributed by atoms with Gasteiger partial charge in [0.2, 0.25) is 0 Å². The van der Waals surface area contributed by atoms with Gasteiger partial charge in [0.15, 0.2) is 5.60 Å². The molecular formula is C15H25F3O3. The molecule has 2 aliphatic carbocycles. The molecular weight excluding hydrogens is 285 g/mol. The van der Waals surface area contributed by atoms with Crippen LogP contribution in [-0.2, 0) is 9.53 Å². The van der Waals surface area contributed by atoms with E-state index in [0.29, 0.717) is 18.3 Å². The second-order valence-corrected chi connectivity index (χ2v) is 6.34. The number of methoxy groups -OCH3 is 1. The number of ether oxygens (including phenoxy) is 1. The number of alkyl halides is 3. The summed E-state index contributed by atoms with van der Waals surface area (Å²) in [4.78, 5) is 9.96. The van der Waals surface area contributed by atoms with Crippen LogP contribution >= 0.6 is 0 Å². The topological polar surface area (TPSA) is 46.5 Å². The molecule has 6 heteroatoms. The largest absolute Gasteiger partial charge is 0.469 e. The van der Waals surface area contributed by atoms with Gasteiger partial charge in [-0.25, -0.2) is 0 Å². The summed E-state index contributed by atoms with van der Waals surface area (Å²) in [6.07, 6.45) is 0.0666. The van der Waals surface area contributed by atoms with Crippen molar-refractivity contribution in [1.82, 2.24) is 0 Å². The fraction of sp³-hybridized carbons (Fsp3) is 0.933. The quantitative estimate of drug-likeness (QED) is 0.809. The number of carbonyl (C=O) groups excluding carboxylic acids is 1. The summed E-state index contributed by atoms with van der Waals surface area (Å²) < 4.78 is 41.7. The number of halogens is 3. The van der Waals surface area contributed by atoms with Gasteiger partial charge in [0.25, 0.3) is 0 Å². The number of carbonyl (C=O) groups is 1. The number of fused-ring (bicyclic) bond motifs is 2. The molecule has 0 spiro atoms. The number of hydrogen-bond donors (Lipinski definition) is 1. The van der Waals surface area contributed by atoms with Gasteiger partial charge in [0, 0.05) is 6.42 Å². The summed E-state index contributed by atoms with van der Waals surface area (Å²) >= 11 is 0. The minimum Gasteiger partial charge on any atom is -0.469 e. The first-order valence-electron chi connectivity index (χ1n) is 7.46. The Labute approximate surface area is 123 Å². The van der Waals surface area contributed by atoms with Gasteiger partial charge < -0.3 is 9.84 Å². The first kappa shape index (κ1) is 18.3. The number of esters is 1. The highest BCUT2D eigenvalue weighted by molar-refractivity contribution is 5.68. The van der Waals surface area contributed by atoms with Crippen LogP contribution in [-0.4, -0.2) is 30.0 Å². The molecule has 2 bridgehead atoms. The van der Waals surface area contributed by atoms with Crippen LogP contribution in [0, 0.1) is 17.8 Å². The molecule has 3 nitrogen and oxygen atoms in total. The van der Waals surface area contributed by atoms with Crippen molar-refractivity contribution in [3.05, 3.63) is 0 Å². The van der Waals surface area contributed by atoms with E-state index >= 15 is 0 Å². The zero-order chi connectivity index (χ0) is 16.3. The van der Waals surface area contributed by atoms with Gasteiger partial charge in [0.1, 0.15) is 0 Å². The van der Waals surface area contributed by atoms with E-state index in [-0.39, 0.29) is 18.3 Å². The molecule has 4 unspecified atom stereocenters. The number of rotatable bonds is 3. The van der Waals surface area contributed by atoms with Crippen molar-refractivity contribution in [3.8, 4) is 0 Å². The Bertz CT molecular complexity index is 347. The van der Waals surface area contributed by atoms with E-state index in [4.69, 9.17) is 0 Å². The second-order valence-electron chi connectivity index (χ2n) is 6.34. The number of aliphatic hydroxyl groups is 1. The van der Waals surface area contributed by atoms with Gasteiger partial charge in [0.05, 0.1) is 7.11 Å². The lowest BCUT2D eigenvalue weighted by Crippen LogP contribution is -2.44. The molecule has 0 radical (unpaired) electrons. The SMILES string of the molecule is CC(O)(CC1CC2CCC1C2)C(F)(F)F.CCC(=O)OC. The third kappa shape index (κ3) is 4.87. The van der Waals surface area contributed by atoms with Gasteiger partial charge in [-0.15, -0.1) is 0 Å². The molecule has 0 saturated heterocycles. The summed E-state index contributed by atoms with van der Waals surface area (Å²) in [5.41, 5.74) is -2.50. The molecule has 2 aliphatic rings. The first-order chi connectivity index (χ1) is 9.60. The lowest BCUT2D eigenvalue weighted by Gasteiger charge is -2.32. The summed E-state index contributed by atoms with van der Waals surface area (Å²) in [5, 5.41) is 9.41. The monoisotopic (exact) mass is 310 g/mol. The Hall–Kier alpha value is -0.780. The smallest absolute Gasteiger partial charge is 0.416 e. The normalized spacial score (nSPS) is 30.3. The standard InChI is InChI=1S/C11H17F3O.C4H8O2/c1-10(15,11(12,13)14)6-9-5-7-2-3-8(9)4-7;1-3-4(5)6-2/h7-9,15H,2-6H2,1H3;3H2,1-2H3. The van der Waals surface area contributed by atoms with Crippen LogP contribution in [0.2, 0.25) is 0 Å². The molecule has 0 heterocycles. The molecule has 4 atom stereocenters. The lowest BCUT2D eigenvalue weighted by molar-refractivity contribution is -0.259. The van der Waals surface area contributed by atoms with Crippen LogP contribution < -0.4 is 0 Å². The maximum absolute atomic E-state index is 12.5. The van der Waals surface area contributed by atoms with E-state index in [1.807, 2.05) is 0 Å². The molecule has 124 valence electrons. The summed E-state index contributed by atoms with van der Waals surface area (Å²) in [6, 6.07) is 0. The van der Waals surface area contributed by atoms with Crippen molar-refractivity contribution in [2.75, 3.05) is 7.11 Å². The van der Waals surface area contributed by atoms with Crippen LogP contribution in [0.15, 0.2) is 0 Å². The van der Waals surface area contributed by atoms with E-state index < -0.39 is 11.8 Å². The number of hydrogen-bond acceptors (Lipinski definition) is 3. The highest BCUT2D eigenvalue weighted by Crippen LogP contribution is 2.52. The van der Waals surface area contributed by atoms with E-state index in [1.165, 1.54) is 13.5 Å². The molecule has 21 heavy (non-hydrogen) atoms. The van der Waals surface area contributed by atoms with Crippen molar-refractivity contribution in [2.45, 2.75) is 64.1 Å². The molecule has 0 aromatic rings. The van der Waals surface area contributed by atoms with Crippen molar-refractivity contribution < 1.29 is 27.8 Å². The Morgan fingerprint density at radius 2 is 1.90 bits per heavy atom. The minimum atomic E-state index is -4.49. The van der Waals surface area contributed by atoms with Crippen molar-refractivity contribution in [3.63, 3.8) is 0 Å². The van der Waals surface area contributed by atoms with Gasteiger partial charge in [-0.2, -0.15) is 13.2 Å². The van der Waals surface area contributed by atoms with Crippen LogP contribution in [0.1, 0.15) is 52.4 Å². The zero-order valence-electron chi connectivity index (χ0n) is 12.9. The Kier molecular flexibility index (Phi) is 6.08. The van der Waals surface area contributed by atoms with Crippen molar-refractivity contribution in [2.24, 2.45) is 17.8 Å². The summed E-state index contributed by atoms with van der Waals surface area (Å²) in [5.74, 6) is 0.989. The molecule has 1 N–H and O–H groups in total. The fourth-order valence-electron chi connectivity index (χ4n) is 3.40. The fourth-order valence-corrected chi connectivity index (χ4v) is 3.40. The Balaban J connectivity index is 0.000000315. The van der Waals surface area contributed by atoms with Gasteiger partial charge in [-0.3, -0.25) is 4.79 Å². The molecule has 0 aromatic heterocycles. The van der Waals surface area contributed by atoms with Gasteiger partial charge >= 0.3 is 12.1 Å². The molecule has 0 aromatic carbocycles. The predicted molar refractivity (Wildman–Crippen MR) is 72.5 cm³/mol. The third-order valence-electron chi connectivity index (χ3n) is 4.67. The highest BCUT2D eigenvalue weighted by Gasteiger charge is 2.53. The van der Waals surface area contributed by atoms with Crippen molar-refractivity contribution >= 4 is 5.97 Å². The average molecular weight is 310 g/mol. The Morgan fingerprint density at radius 1 is 1.29 bits per heavy atom. The first-order valence-corrected chi connectivity index (χ1v) is 7.46. The highest BCUT2D eigenvalue weighted by atomic mass is 19.4. The van der Waals surface area contributed by atoms with E-state index in [9.17, 15) is 23.1 Å². The van der Waals surface area contributed by atoms with E-state index in [1.54, 1.807) is 6.92 Å². The predicted octanol–water partition coefficient (Wildman–Crippen LogP) is 3.70. The van der Waals surface area contributed by atoms with Crippen molar-refractivity contribution in [1.29, 1.82) is 0 Å². The Morgan fingerprint density at radius 3 is 2.19 bits per heavy atom. The van der Waals surface area contributed by atoms with E-state index in [0.717, 1.165) is 26.2 Å². The third-order valence-corrected chi connectivity index (χ3v) is 4.67.